The molecule has 0 radical (unpaired) electrons. The number of nitrogens with zero attached hydrogens (tertiary/aromatic N) is 1. The maximum absolute atomic E-state index is 3.37. The summed E-state index contributed by atoms with van der Waals surface area (Å²) in [5, 5.41) is 3.37. The maximum atomic E-state index is 3.37. The lowest BCUT2D eigenvalue weighted by atomic mass is 10.1. The van der Waals surface area contributed by atoms with Crippen molar-refractivity contribution in [1.82, 2.24) is 9.88 Å². The Labute approximate surface area is 110 Å². The van der Waals surface area contributed by atoms with Crippen LogP contribution in [0.5, 0.6) is 0 Å². The Balaban J connectivity index is 2.05. The molecule has 1 N–H and O–H groups in total. The second-order valence-electron chi connectivity index (χ2n) is 4.58. The normalized spacial score (nSPS) is 10.8. The second kappa shape index (κ2) is 6.41. The number of nitrogens with one attached hydrogen (secondary N) is 1. The highest BCUT2D eigenvalue weighted by Crippen LogP contribution is 2.10. The van der Waals surface area contributed by atoms with Gasteiger partial charge in [0.2, 0.25) is 0 Å². The molecule has 2 heteroatoms. The van der Waals surface area contributed by atoms with Gasteiger partial charge in [0, 0.05) is 25.0 Å². The molecule has 0 saturated carbocycles. The van der Waals surface area contributed by atoms with Crippen LogP contribution in [0.3, 0.4) is 0 Å². The monoisotopic (exact) mass is 242 g/mol. The molecule has 1 aromatic heterocycles. The summed E-state index contributed by atoms with van der Waals surface area (Å²) in [6.07, 6.45) is 3.26. The summed E-state index contributed by atoms with van der Waals surface area (Å²) in [5.41, 5.74) is 4.11. The number of hydrogen-bond donors (Lipinski definition) is 1. The van der Waals surface area contributed by atoms with Crippen molar-refractivity contribution in [2.75, 3.05) is 6.54 Å². The Morgan fingerprint density at radius 2 is 1.72 bits per heavy atom. The van der Waals surface area contributed by atoms with Crippen LogP contribution >= 0.6 is 0 Å². The molecular weight excluding hydrogens is 220 g/mol. The zero-order chi connectivity index (χ0) is 12.8. The molecule has 2 rings (SSSR count). The largest absolute Gasteiger partial charge is 0.346 e. The van der Waals surface area contributed by atoms with Gasteiger partial charge in [-0.05, 0) is 36.2 Å². The van der Waals surface area contributed by atoms with Gasteiger partial charge in [-0.15, -0.1) is 0 Å². The molecule has 0 fully saturated rings. The predicted molar refractivity (Wildman–Crippen MR) is 76.7 cm³/mol. The average Bonchev–Trinajstić information content (AvgIpc) is 2.84. The van der Waals surface area contributed by atoms with Gasteiger partial charge >= 0.3 is 0 Å². The Hall–Kier alpha value is -1.54. The summed E-state index contributed by atoms with van der Waals surface area (Å²) in [6.45, 7) is 7.23. The maximum Gasteiger partial charge on any atom is 0.0473 e. The summed E-state index contributed by atoms with van der Waals surface area (Å²) >= 11 is 0. The van der Waals surface area contributed by atoms with Crippen LogP contribution in [0.25, 0.3) is 0 Å². The number of hydrogen-bond acceptors (Lipinski definition) is 1. The van der Waals surface area contributed by atoms with Crippen LogP contribution in [0.1, 0.15) is 30.7 Å². The molecule has 0 aliphatic heterocycles. The number of aryl methyl sites for hydroxylation is 1. The van der Waals surface area contributed by atoms with Crippen molar-refractivity contribution >= 4 is 0 Å². The van der Waals surface area contributed by atoms with Gasteiger partial charge in [-0.1, -0.05) is 38.1 Å². The van der Waals surface area contributed by atoms with Crippen molar-refractivity contribution in [3.63, 3.8) is 0 Å². The van der Waals surface area contributed by atoms with Crippen molar-refractivity contribution in [2.24, 2.45) is 0 Å². The quantitative estimate of drug-likeness (QED) is 0.823. The van der Waals surface area contributed by atoms with E-state index >= 15 is 0 Å². The van der Waals surface area contributed by atoms with Crippen LogP contribution in [0.2, 0.25) is 0 Å². The van der Waals surface area contributed by atoms with Crippen molar-refractivity contribution in [3.8, 4) is 0 Å². The standard InChI is InChI=1S/C16H22N2/c1-3-14-7-9-15(10-8-14)13-18-11-5-6-16(18)12-17-4-2/h5-11,17H,3-4,12-13H2,1-2H3. The molecule has 1 heterocycles. The van der Waals surface area contributed by atoms with E-state index in [-0.39, 0.29) is 0 Å². The van der Waals surface area contributed by atoms with Crippen molar-refractivity contribution in [1.29, 1.82) is 0 Å². The lowest BCUT2D eigenvalue weighted by molar-refractivity contribution is 0.657. The van der Waals surface area contributed by atoms with Gasteiger partial charge in [-0.2, -0.15) is 0 Å². The molecular formula is C16H22N2. The van der Waals surface area contributed by atoms with Crippen molar-refractivity contribution in [2.45, 2.75) is 33.4 Å². The fraction of sp³-hybridized carbons (Fsp3) is 0.375. The first-order valence-electron chi connectivity index (χ1n) is 6.76. The minimum atomic E-state index is 0.941. The van der Waals surface area contributed by atoms with E-state index in [4.69, 9.17) is 0 Å². The molecule has 2 aromatic rings. The topological polar surface area (TPSA) is 17.0 Å². The van der Waals surface area contributed by atoms with Gasteiger partial charge in [-0.3, -0.25) is 0 Å². The van der Waals surface area contributed by atoms with E-state index in [1.54, 1.807) is 0 Å². The van der Waals surface area contributed by atoms with Gasteiger partial charge in [0.1, 0.15) is 0 Å². The van der Waals surface area contributed by atoms with E-state index in [1.165, 1.54) is 16.8 Å². The lowest BCUT2D eigenvalue weighted by Gasteiger charge is -2.10. The van der Waals surface area contributed by atoms with Crippen LogP contribution in [0, 0.1) is 0 Å². The summed E-state index contributed by atoms with van der Waals surface area (Å²) in [4.78, 5) is 0. The molecule has 0 aliphatic carbocycles. The minimum Gasteiger partial charge on any atom is -0.346 e. The third kappa shape index (κ3) is 3.23. The predicted octanol–water partition coefficient (Wildman–Crippen LogP) is 3.21. The third-order valence-electron chi connectivity index (χ3n) is 3.26. The van der Waals surface area contributed by atoms with E-state index in [0.717, 1.165) is 26.1 Å². The molecule has 0 aliphatic rings. The van der Waals surface area contributed by atoms with E-state index in [9.17, 15) is 0 Å². The lowest BCUT2D eigenvalue weighted by Crippen LogP contribution is -2.15. The molecule has 18 heavy (non-hydrogen) atoms. The van der Waals surface area contributed by atoms with Gasteiger partial charge in [0.15, 0.2) is 0 Å². The van der Waals surface area contributed by atoms with E-state index in [0.29, 0.717) is 0 Å². The average molecular weight is 242 g/mol. The first-order valence-corrected chi connectivity index (χ1v) is 6.76. The summed E-state index contributed by atoms with van der Waals surface area (Å²) in [7, 11) is 0. The number of benzene rings is 1. The molecule has 0 unspecified atom stereocenters. The zero-order valence-electron chi connectivity index (χ0n) is 11.3. The van der Waals surface area contributed by atoms with Gasteiger partial charge < -0.3 is 9.88 Å². The second-order valence-corrected chi connectivity index (χ2v) is 4.58. The fourth-order valence-electron chi connectivity index (χ4n) is 2.09. The summed E-state index contributed by atoms with van der Waals surface area (Å²) in [5.74, 6) is 0. The smallest absolute Gasteiger partial charge is 0.0473 e. The van der Waals surface area contributed by atoms with E-state index < -0.39 is 0 Å². The molecule has 0 spiro atoms. The van der Waals surface area contributed by atoms with Gasteiger partial charge in [0.25, 0.3) is 0 Å². The highest BCUT2D eigenvalue weighted by atomic mass is 15.0. The number of rotatable bonds is 6. The Morgan fingerprint density at radius 1 is 1.00 bits per heavy atom. The van der Waals surface area contributed by atoms with Gasteiger partial charge in [-0.25, -0.2) is 0 Å². The van der Waals surface area contributed by atoms with E-state index in [2.05, 4.69) is 66.3 Å². The van der Waals surface area contributed by atoms with Crippen LogP contribution in [-0.4, -0.2) is 11.1 Å². The molecule has 0 atom stereocenters. The molecule has 96 valence electrons. The molecule has 1 aromatic carbocycles. The summed E-state index contributed by atoms with van der Waals surface area (Å²) in [6, 6.07) is 13.2. The fourth-order valence-corrected chi connectivity index (χ4v) is 2.09. The SMILES string of the molecule is CCNCc1cccn1Cc1ccc(CC)cc1. The molecule has 0 saturated heterocycles. The van der Waals surface area contributed by atoms with Crippen LogP contribution in [0.4, 0.5) is 0 Å². The Kier molecular flexibility index (Phi) is 4.59. The summed E-state index contributed by atoms with van der Waals surface area (Å²) < 4.78 is 2.31. The van der Waals surface area contributed by atoms with Crippen molar-refractivity contribution < 1.29 is 0 Å². The van der Waals surface area contributed by atoms with Gasteiger partial charge in [0.05, 0.1) is 0 Å². The highest BCUT2D eigenvalue weighted by molar-refractivity contribution is 5.23. The third-order valence-corrected chi connectivity index (χ3v) is 3.26. The van der Waals surface area contributed by atoms with Crippen LogP contribution < -0.4 is 5.32 Å². The molecule has 0 bridgehead atoms. The molecule has 0 amide bonds. The first-order chi connectivity index (χ1) is 8.83. The minimum absolute atomic E-state index is 0.941. The van der Waals surface area contributed by atoms with Crippen LogP contribution in [-0.2, 0) is 19.5 Å². The van der Waals surface area contributed by atoms with E-state index in [1.807, 2.05) is 0 Å². The van der Waals surface area contributed by atoms with Crippen molar-refractivity contribution in [3.05, 3.63) is 59.4 Å². The number of aromatic nitrogens is 1. The zero-order valence-corrected chi connectivity index (χ0v) is 11.3. The Bertz CT molecular complexity index is 468. The van der Waals surface area contributed by atoms with Crippen LogP contribution in [0.15, 0.2) is 42.6 Å². The highest BCUT2D eigenvalue weighted by Gasteiger charge is 2.01. The molecule has 2 nitrogen and oxygen atoms in total. The first kappa shape index (κ1) is 12.9. The Morgan fingerprint density at radius 3 is 2.39 bits per heavy atom.